The molecule has 0 saturated carbocycles. The molecule has 0 radical (unpaired) electrons. The van der Waals surface area contributed by atoms with Gasteiger partial charge in [0.2, 0.25) is 0 Å². The van der Waals surface area contributed by atoms with Crippen molar-refractivity contribution in [3.63, 3.8) is 0 Å². The Bertz CT molecular complexity index is 1020. The first-order valence-corrected chi connectivity index (χ1v) is 9.68. The van der Waals surface area contributed by atoms with Gasteiger partial charge in [0.05, 0.1) is 12.9 Å². The van der Waals surface area contributed by atoms with Crippen LogP contribution in [0.25, 0.3) is 6.08 Å². The fraction of sp³-hybridized carbons (Fsp3) is 0.167. The predicted octanol–water partition coefficient (Wildman–Crippen LogP) is 4.07. The zero-order chi connectivity index (χ0) is 21.3. The van der Waals surface area contributed by atoms with Crippen molar-refractivity contribution < 1.29 is 18.7 Å². The summed E-state index contributed by atoms with van der Waals surface area (Å²) < 4.78 is 10.7. The summed E-state index contributed by atoms with van der Waals surface area (Å²) in [6, 6.07) is 18.0. The van der Waals surface area contributed by atoms with Crippen molar-refractivity contribution in [1.29, 1.82) is 0 Å². The topological polar surface area (TPSA) is 80.6 Å². The van der Waals surface area contributed by atoms with E-state index in [1.807, 2.05) is 44.2 Å². The highest BCUT2D eigenvalue weighted by atomic mass is 16.5. The maximum absolute atomic E-state index is 12.8. The van der Waals surface area contributed by atoms with Crippen LogP contribution in [-0.2, 0) is 11.3 Å². The number of aryl methyl sites for hydroxylation is 1. The molecule has 2 N–H and O–H groups in total. The van der Waals surface area contributed by atoms with Gasteiger partial charge in [-0.25, -0.2) is 0 Å². The first-order valence-electron chi connectivity index (χ1n) is 9.68. The van der Waals surface area contributed by atoms with Crippen molar-refractivity contribution in [3.05, 3.63) is 95.1 Å². The third kappa shape index (κ3) is 5.85. The zero-order valence-electron chi connectivity index (χ0n) is 17.0. The summed E-state index contributed by atoms with van der Waals surface area (Å²) in [7, 11) is 0. The van der Waals surface area contributed by atoms with Gasteiger partial charge < -0.3 is 19.8 Å². The molecular weight excluding hydrogens is 380 g/mol. The van der Waals surface area contributed by atoms with E-state index in [0.29, 0.717) is 24.5 Å². The second-order valence-electron chi connectivity index (χ2n) is 6.66. The van der Waals surface area contributed by atoms with Crippen molar-refractivity contribution in [2.45, 2.75) is 20.4 Å². The molecule has 154 valence electrons. The van der Waals surface area contributed by atoms with E-state index in [1.54, 1.807) is 30.3 Å². The van der Waals surface area contributed by atoms with Gasteiger partial charge in [-0.3, -0.25) is 9.59 Å². The Hall–Kier alpha value is -3.80. The molecule has 0 atom stereocenters. The number of benzene rings is 2. The molecule has 1 heterocycles. The van der Waals surface area contributed by atoms with E-state index >= 15 is 0 Å². The SMILES string of the molecule is CCOc1ccc(CNC(=O)/C(=C/c2ccco2)NC(=O)c2cccc(C)c2)cc1. The van der Waals surface area contributed by atoms with Gasteiger partial charge in [0.25, 0.3) is 11.8 Å². The number of rotatable bonds is 8. The van der Waals surface area contributed by atoms with E-state index in [-0.39, 0.29) is 11.6 Å². The second-order valence-corrected chi connectivity index (χ2v) is 6.66. The van der Waals surface area contributed by atoms with Crippen LogP contribution in [0.2, 0.25) is 0 Å². The minimum atomic E-state index is -0.415. The molecule has 3 rings (SSSR count). The van der Waals surface area contributed by atoms with Crippen LogP contribution in [0.3, 0.4) is 0 Å². The number of hydrogen-bond donors (Lipinski definition) is 2. The lowest BCUT2D eigenvalue weighted by molar-refractivity contribution is -0.117. The van der Waals surface area contributed by atoms with E-state index < -0.39 is 5.91 Å². The van der Waals surface area contributed by atoms with Crippen molar-refractivity contribution in [3.8, 4) is 5.75 Å². The lowest BCUT2D eigenvalue weighted by Crippen LogP contribution is -2.34. The van der Waals surface area contributed by atoms with Crippen molar-refractivity contribution in [2.75, 3.05) is 6.61 Å². The van der Waals surface area contributed by atoms with Gasteiger partial charge >= 0.3 is 0 Å². The summed E-state index contributed by atoms with van der Waals surface area (Å²) in [5, 5.41) is 5.52. The van der Waals surface area contributed by atoms with E-state index in [9.17, 15) is 9.59 Å². The lowest BCUT2D eigenvalue weighted by Gasteiger charge is -2.11. The molecular formula is C24H24N2O4. The normalized spacial score (nSPS) is 11.1. The average molecular weight is 404 g/mol. The molecule has 0 aliphatic carbocycles. The molecule has 6 heteroatoms. The van der Waals surface area contributed by atoms with Crippen molar-refractivity contribution >= 4 is 17.9 Å². The summed E-state index contributed by atoms with van der Waals surface area (Å²) in [5.74, 6) is 0.455. The Labute approximate surface area is 175 Å². The molecule has 2 aromatic carbocycles. The Morgan fingerprint density at radius 1 is 1.07 bits per heavy atom. The van der Waals surface area contributed by atoms with Crippen LogP contribution in [0.1, 0.15) is 34.2 Å². The fourth-order valence-electron chi connectivity index (χ4n) is 2.80. The number of furan rings is 1. The van der Waals surface area contributed by atoms with Crippen LogP contribution in [0.5, 0.6) is 5.75 Å². The molecule has 3 aromatic rings. The maximum atomic E-state index is 12.8. The van der Waals surface area contributed by atoms with Gasteiger partial charge in [-0.1, -0.05) is 29.8 Å². The summed E-state index contributed by atoms with van der Waals surface area (Å²) in [6.45, 7) is 4.73. The first-order chi connectivity index (χ1) is 14.5. The molecule has 0 aliphatic rings. The molecule has 0 aliphatic heterocycles. The molecule has 0 fully saturated rings. The Morgan fingerprint density at radius 2 is 1.87 bits per heavy atom. The molecule has 2 amide bonds. The van der Waals surface area contributed by atoms with Gasteiger partial charge in [-0.2, -0.15) is 0 Å². The monoisotopic (exact) mass is 404 g/mol. The average Bonchev–Trinajstić information content (AvgIpc) is 3.26. The van der Waals surface area contributed by atoms with E-state index in [2.05, 4.69) is 10.6 Å². The summed E-state index contributed by atoms with van der Waals surface area (Å²) in [4.78, 5) is 25.4. The maximum Gasteiger partial charge on any atom is 0.268 e. The molecule has 0 saturated heterocycles. The summed E-state index contributed by atoms with van der Waals surface area (Å²) >= 11 is 0. The zero-order valence-corrected chi connectivity index (χ0v) is 17.0. The fourth-order valence-corrected chi connectivity index (χ4v) is 2.80. The van der Waals surface area contributed by atoms with Crippen LogP contribution < -0.4 is 15.4 Å². The highest BCUT2D eigenvalue weighted by molar-refractivity contribution is 6.05. The van der Waals surface area contributed by atoms with Gasteiger partial charge in [0.15, 0.2) is 0 Å². The van der Waals surface area contributed by atoms with Gasteiger partial charge in [0, 0.05) is 18.2 Å². The third-order valence-corrected chi connectivity index (χ3v) is 4.29. The second kappa shape index (κ2) is 10.1. The smallest absolute Gasteiger partial charge is 0.268 e. The minimum Gasteiger partial charge on any atom is -0.494 e. The minimum absolute atomic E-state index is 0.0994. The number of carbonyl (C=O) groups excluding carboxylic acids is 2. The number of amides is 2. The van der Waals surface area contributed by atoms with Gasteiger partial charge in [-0.15, -0.1) is 0 Å². The standard InChI is InChI=1S/C24H24N2O4/c1-3-29-20-11-9-18(10-12-20)16-25-24(28)22(15-21-8-5-13-30-21)26-23(27)19-7-4-6-17(2)14-19/h4-15H,3,16H2,1-2H3,(H,25,28)(H,26,27)/b22-15-. The Balaban J connectivity index is 1.71. The van der Waals surface area contributed by atoms with E-state index in [1.165, 1.54) is 12.3 Å². The van der Waals surface area contributed by atoms with Gasteiger partial charge in [-0.05, 0) is 55.8 Å². The molecule has 0 bridgehead atoms. The van der Waals surface area contributed by atoms with Crippen LogP contribution in [0, 0.1) is 6.92 Å². The molecule has 30 heavy (non-hydrogen) atoms. The van der Waals surface area contributed by atoms with Crippen LogP contribution in [0.15, 0.2) is 77.0 Å². The molecule has 1 aromatic heterocycles. The predicted molar refractivity (Wildman–Crippen MR) is 115 cm³/mol. The largest absolute Gasteiger partial charge is 0.494 e. The van der Waals surface area contributed by atoms with Crippen LogP contribution in [0.4, 0.5) is 0 Å². The third-order valence-electron chi connectivity index (χ3n) is 4.29. The van der Waals surface area contributed by atoms with E-state index in [0.717, 1.165) is 16.9 Å². The van der Waals surface area contributed by atoms with Crippen molar-refractivity contribution in [1.82, 2.24) is 10.6 Å². The summed E-state index contributed by atoms with van der Waals surface area (Å²) in [5.41, 5.74) is 2.44. The molecule has 6 nitrogen and oxygen atoms in total. The number of nitrogens with one attached hydrogen (secondary N) is 2. The van der Waals surface area contributed by atoms with Gasteiger partial charge in [0.1, 0.15) is 17.2 Å². The highest BCUT2D eigenvalue weighted by Gasteiger charge is 2.15. The molecule has 0 unspecified atom stereocenters. The van der Waals surface area contributed by atoms with Crippen LogP contribution in [-0.4, -0.2) is 18.4 Å². The van der Waals surface area contributed by atoms with E-state index in [4.69, 9.17) is 9.15 Å². The quantitative estimate of drug-likeness (QED) is 0.555. The molecule has 0 spiro atoms. The number of ether oxygens (including phenoxy) is 1. The lowest BCUT2D eigenvalue weighted by atomic mass is 10.1. The summed E-state index contributed by atoms with van der Waals surface area (Å²) in [6.07, 6.45) is 3.00. The van der Waals surface area contributed by atoms with Crippen LogP contribution >= 0.6 is 0 Å². The van der Waals surface area contributed by atoms with Crippen molar-refractivity contribution in [2.24, 2.45) is 0 Å². The highest BCUT2D eigenvalue weighted by Crippen LogP contribution is 2.13. The number of carbonyl (C=O) groups is 2. The Morgan fingerprint density at radius 3 is 2.53 bits per heavy atom. The number of hydrogen-bond acceptors (Lipinski definition) is 4. The Kier molecular flexibility index (Phi) is 7.05. The first kappa shape index (κ1) is 20.9.